The third-order valence-corrected chi connectivity index (χ3v) is 4.84. The molecule has 2 N–H and O–H groups in total. The van der Waals surface area contributed by atoms with Gasteiger partial charge in [0.15, 0.2) is 0 Å². The molecule has 25 heavy (non-hydrogen) atoms. The van der Waals surface area contributed by atoms with Crippen LogP contribution in [0.1, 0.15) is 42.3 Å². The molecule has 1 saturated carbocycles. The summed E-state index contributed by atoms with van der Waals surface area (Å²) in [6.07, 6.45) is 1.27. The molecule has 0 aromatic heterocycles. The maximum Gasteiger partial charge on any atom is 0.305 e. The van der Waals surface area contributed by atoms with Gasteiger partial charge in [0.25, 0.3) is 0 Å². The van der Waals surface area contributed by atoms with Crippen LogP contribution in [0.5, 0.6) is 0 Å². The molecule has 0 saturated heterocycles. The minimum absolute atomic E-state index is 0.107. The molecule has 0 aliphatic heterocycles. The van der Waals surface area contributed by atoms with E-state index >= 15 is 0 Å². The number of hydrogen-bond acceptors (Lipinski definition) is 2. The van der Waals surface area contributed by atoms with Crippen LogP contribution >= 0.6 is 11.6 Å². The second kappa shape index (κ2) is 7.70. The van der Waals surface area contributed by atoms with E-state index in [4.69, 9.17) is 16.7 Å². The van der Waals surface area contributed by atoms with Crippen molar-refractivity contribution in [1.29, 1.82) is 0 Å². The van der Waals surface area contributed by atoms with Crippen molar-refractivity contribution in [2.24, 2.45) is 5.92 Å². The molecular weight excluding hydrogens is 338 g/mol. The highest BCUT2D eigenvalue weighted by atomic mass is 35.5. The summed E-state index contributed by atoms with van der Waals surface area (Å²) in [4.78, 5) is 23.5. The zero-order chi connectivity index (χ0) is 17.8. The van der Waals surface area contributed by atoms with Crippen molar-refractivity contribution < 1.29 is 14.7 Å². The normalized spacial score (nSPS) is 19.9. The van der Waals surface area contributed by atoms with Crippen LogP contribution in [0.3, 0.4) is 0 Å². The highest BCUT2D eigenvalue weighted by molar-refractivity contribution is 6.30. The predicted octanol–water partition coefficient (Wildman–Crippen LogP) is 4.17. The van der Waals surface area contributed by atoms with E-state index in [-0.39, 0.29) is 12.3 Å². The van der Waals surface area contributed by atoms with Crippen molar-refractivity contribution in [2.45, 2.75) is 31.2 Å². The Labute approximate surface area is 151 Å². The summed E-state index contributed by atoms with van der Waals surface area (Å²) in [7, 11) is 0. The molecule has 0 heterocycles. The van der Waals surface area contributed by atoms with E-state index in [9.17, 15) is 9.59 Å². The Hall–Kier alpha value is -2.33. The molecule has 4 nitrogen and oxygen atoms in total. The highest BCUT2D eigenvalue weighted by Crippen LogP contribution is 2.49. The van der Waals surface area contributed by atoms with E-state index in [1.807, 2.05) is 18.2 Å². The Morgan fingerprint density at radius 2 is 1.80 bits per heavy atom. The van der Waals surface area contributed by atoms with Gasteiger partial charge in [-0.25, -0.2) is 0 Å². The summed E-state index contributed by atoms with van der Waals surface area (Å²) in [6, 6.07) is 16.5. The number of benzene rings is 2. The minimum atomic E-state index is -0.950. The van der Waals surface area contributed by atoms with Crippen molar-refractivity contribution in [3.8, 4) is 0 Å². The second-order valence-electron chi connectivity index (χ2n) is 6.49. The summed E-state index contributed by atoms with van der Waals surface area (Å²) in [5.74, 6) is -0.294. The summed E-state index contributed by atoms with van der Waals surface area (Å²) < 4.78 is 0. The first-order valence-corrected chi connectivity index (χ1v) is 8.72. The zero-order valence-electron chi connectivity index (χ0n) is 13.7. The van der Waals surface area contributed by atoms with E-state index < -0.39 is 12.0 Å². The fourth-order valence-electron chi connectivity index (χ4n) is 3.19. The lowest BCUT2D eigenvalue weighted by Gasteiger charge is -2.17. The quantitative estimate of drug-likeness (QED) is 0.781. The van der Waals surface area contributed by atoms with Gasteiger partial charge in [-0.3, -0.25) is 9.59 Å². The van der Waals surface area contributed by atoms with Crippen molar-refractivity contribution in [3.05, 3.63) is 70.7 Å². The van der Waals surface area contributed by atoms with Gasteiger partial charge in [0.1, 0.15) is 0 Å². The monoisotopic (exact) mass is 357 g/mol. The molecule has 0 spiro atoms. The molecular formula is C20H20ClNO3. The minimum Gasteiger partial charge on any atom is -0.481 e. The molecule has 1 fully saturated rings. The molecule has 3 rings (SSSR count). The third-order valence-electron chi connectivity index (χ3n) is 4.58. The molecule has 3 atom stereocenters. The number of nitrogens with one attached hydrogen (secondary N) is 1. The van der Waals surface area contributed by atoms with Crippen molar-refractivity contribution in [1.82, 2.24) is 5.32 Å². The molecule has 1 aliphatic rings. The highest BCUT2D eigenvalue weighted by Gasteiger charge is 2.39. The Morgan fingerprint density at radius 3 is 2.44 bits per heavy atom. The maximum absolute atomic E-state index is 12.4. The van der Waals surface area contributed by atoms with E-state index in [1.165, 1.54) is 5.56 Å². The number of carbonyl (C=O) groups excluding carboxylic acids is 1. The first-order valence-electron chi connectivity index (χ1n) is 8.34. The van der Waals surface area contributed by atoms with E-state index in [2.05, 4.69) is 17.4 Å². The number of carboxylic acids is 1. The van der Waals surface area contributed by atoms with Crippen LogP contribution in [0.4, 0.5) is 0 Å². The molecule has 0 unspecified atom stereocenters. The molecule has 0 bridgehead atoms. The van der Waals surface area contributed by atoms with Gasteiger partial charge in [-0.15, -0.1) is 0 Å². The number of halogens is 1. The number of aliphatic carboxylic acids is 1. The first kappa shape index (κ1) is 17.5. The summed E-state index contributed by atoms with van der Waals surface area (Å²) in [5.41, 5.74) is 2.01. The van der Waals surface area contributed by atoms with E-state index in [0.29, 0.717) is 23.3 Å². The molecule has 0 radical (unpaired) electrons. The van der Waals surface area contributed by atoms with Crippen LogP contribution in [-0.2, 0) is 9.59 Å². The SMILES string of the molecule is O=C(O)C[C@H](NC(=O)C[C@@H]1C[C@H]1c1ccccc1)c1ccc(Cl)cc1. The summed E-state index contributed by atoms with van der Waals surface area (Å²) in [6.45, 7) is 0. The molecule has 130 valence electrons. The van der Waals surface area contributed by atoms with Gasteiger partial charge in [-0.1, -0.05) is 54.1 Å². The van der Waals surface area contributed by atoms with Gasteiger partial charge in [0.05, 0.1) is 12.5 Å². The lowest BCUT2D eigenvalue weighted by Crippen LogP contribution is -2.30. The van der Waals surface area contributed by atoms with Crippen LogP contribution < -0.4 is 5.32 Å². The second-order valence-corrected chi connectivity index (χ2v) is 6.92. The van der Waals surface area contributed by atoms with Gasteiger partial charge in [0, 0.05) is 11.4 Å². The molecule has 1 aliphatic carbocycles. The van der Waals surface area contributed by atoms with E-state index in [1.54, 1.807) is 24.3 Å². The predicted molar refractivity (Wildman–Crippen MR) is 96.5 cm³/mol. The van der Waals surface area contributed by atoms with Crippen LogP contribution in [0.2, 0.25) is 5.02 Å². The Morgan fingerprint density at radius 1 is 1.12 bits per heavy atom. The number of hydrogen-bond donors (Lipinski definition) is 2. The molecule has 5 heteroatoms. The maximum atomic E-state index is 12.4. The lowest BCUT2D eigenvalue weighted by molar-refractivity contribution is -0.137. The lowest BCUT2D eigenvalue weighted by atomic mass is 10.0. The number of carbonyl (C=O) groups is 2. The number of rotatable bonds is 7. The fraction of sp³-hybridized carbons (Fsp3) is 0.300. The van der Waals surface area contributed by atoms with Gasteiger partial charge >= 0.3 is 5.97 Å². The van der Waals surface area contributed by atoms with Gasteiger partial charge in [-0.2, -0.15) is 0 Å². The van der Waals surface area contributed by atoms with Crippen molar-refractivity contribution >= 4 is 23.5 Å². The summed E-state index contributed by atoms with van der Waals surface area (Å²) >= 11 is 5.88. The Bertz CT molecular complexity index is 745. The van der Waals surface area contributed by atoms with E-state index in [0.717, 1.165) is 12.0 Å². The van der Waals surface area contributed by atoms with Crippen molar-refractivity contribution in [2.75, 3.05) is 0 Å². The Kier molecular flexibility index (Phi) is 5.39. The molecule has 2 aromatic carbocycles. The van der Waals surface area contributed by atoms with Crippen molar-refractivity contribution in [3.63, 3.8) is 0 Å². The standard InChI is InChI=1S/C20H20ClNO3/c21-16-8-6-14(7-9-16)18(12-20(24)25)22-19(23)11-15-10-17(15)13-4-2-1-3-5-13/h1-9,15,17-18H,10-12H2,(H,22,23)(H,24,25)/t15-,17-,18-/m0/s1. The van der Waals surface area contributed by atoms with Gasteiger partial charge in [0.2, 0.25) is 5.91 Å². The fourth-order valence-corrected chi connectivity index (χ4v) is 3.32. The largest absolute Gasteiger partial charge is 0.481 e. The van der Waals surface area contributed by atoms with Crippen LogP contribution in [-0.4, -0.2) is 17.0 Å². The van der Waals surface area contributed by atoms with Crippen LogP contribution in [0.15, 0.2) is 54.6 Å². The third kappa shape index (κ3) is 4.83. The first-order chi connectivity index (χ1) is 12.0. The molecule has 1 amide bonds. The van der Waals surface area contributed by atoms with Crippen LogP contribution in [0, 0.1) is 5.92 Å². The average molecular weight is 358 g/mol. The topological polar surface area (TPSA) is 66.4 Å². The molecule has 2 aromatic rings. The zero-order valence-corrected chi connectivity index (χ0v) is 14.4. The van der Waals surface area contributed by atoms with Gasteiger partial charge in [-0.05, 0) is 41.5 Å². The smallest absolute Gasteiger partial charge is 0.305 e. The average Bonchev–Trinajstić information content (AvgIpc) is 3.34. The number of amides is 1. The number of carboxylic acid groups (broad SMARTS) is 1. The Balaban J connectivity index is 1.59. The van der Waals surface area contributed by atoms with Crippen LogP contribution in [0.25, 0.3) is 0 Å². The summed E-state index contributed by atoms with van der Waals surface area (Å²) in [5, 5.41) is 12.6. The van der Waals surface area contributed by atoms with Gasteiger partial charge < -0.3 is 10.4 Å².